The maximum Gasteiger partial charge on any atom is 0.311 e. The van der Waals surface area contributed by atoms with Crippen LogP contribution in [0, 0.1) is 12.8 Å². The van der Waals surface area contributed by atoms with E-state index >= 15 is 0 Å². The Bertz CT molecular complexity index is 884. The molecule has 0 spiro atoms. The summed E-state index contributed by atoms with van der Waals surface area (Å²) in [5.74, 6) is -1.82. The van der Waals surface area contributed by atoms with E-state index in [0.717, 1.165) is 5.56 Å². The van der Waals surface area contributed by atoms with Gasteiger partial charge in [0, 0.05) is 18.7 Å². The predicted octanol–water partition coefficient (Wildman–Crippen LogP) is 3.18. The first kappa shape index (κ1) is 18.9. The number of esters is 1. The number of halogens is 1. The van der Waals surface area contributed by atoms with Crippen LogP contribution in [-0.2, 0) is 19.1 Å². The molecule has 2 amide bonds. The van der Waals surface area contributed by atoms with Crippen LogP contribution >= 0.6 is 11.6 Å². The van der Waals surface area contributed by atoms with E-state index in [1.807, 2.05) is 25.1 Å². The first-order valence-corrected chi connectivity index (χ1v) is 8.90. The molecule has 140 valence electrons. The zero-order valence-electron chi connectivity index (χ0n) is 14.8. The molecule has 1 fully saturated rings. The van der Waals surface area contributed by atoms with Gasteiger partial charge >= 0.3 is 5.97 Å². The highest BCUT2D eigenvalue weighted by atomic mass is 35.5. The molecular weight excluding hydrogens is 368 g/mol. The number of hydrogen-bond donors (Lipinski definition) is 1. The molecule has 1 atom stereocenters. The van der Waals surface area contributed by atoms with Gasteiger partial charge < -0.3 is 15.0 Å². The number of rotatable bonds is 5. The smallest absolute Gasteiger partial charge is 0.311 e. The summed E-state index contributed by atoms with van der Waals surface area (Å²) >= 11 is 6.13. The summed E-state index contributed by atoms with van der Waals surface area (Å²) in [4.78, 5) is 38.0. The third kappa shape index (κ3) is 4.46. The largest absolute Gasteiger partial charge is 0.455 e. The number of anilines is 2. The van der Waals surface area contributed by atoms with Crippen LogP contribution in [0.3, 0.4) is 0 Å². The van der Waals surface area contributed by atoms with Crippen LogP contribution in [0.15, 0.2) is 48.5 Å². The topological polar surface area (TPSA) is 75.7 Å². The summed E-state index contributed by atoms with van der Waals surface area (Å²) in [6.07, 6.45) is 0.0312. The minimum atomic E-state index is -0.625. The van der Waals surface area contributed by atoms with Crippen molar-refractivity contribution in [2.45, 2.75) is 13.3 Å². The molecule has 0 aliphatic carbocycles. The normalized spacial score (nSPS) is 16.3. The molecule has 1 N–H and O–H groups in total. The van der Waals surface area contributed by atoms with Crippen LogP contribution in [0.5, 0.6) is 0 Å². The van der Waals surface area contributed by atoms with E-state index in [0.29, 0.717) is 16.4 Å². The second kappa shape index (κ2) is 8.22. The van der Waals surface area contributed by atoms with Crippen LogP contribution in [0.25, 0.3) is 0 Å². The molecule has 1 saturated heterocycles. The second-order valence-electron chi connectivity index (χ2n) is 6.33. The lowest BCUT2D eigenvalue weighted by Crippen LogP contribution is -2.28. The first-order valence-electron chi connectivity index (χ1n) is 8.52. The fourth-order valence-electron chi connectivity index (χ4n) is 2.92. The summed E-state index contributed by atoms with van der Waals surface area (Å²) < 4.78 is 5.10. The monoisotopic (exact) mass is 386 g/mol. The standard InChI is InChI=1S/C20H19ClN2O4/c1-13-6-2-4-8-16(13)22-18(24)12-27-20(26)14-10-19(25)23(11-14)17-9-5-3-7-15(17)21/h2-9,14H,10-12H2,1H3,(H,22,24)/t14-/m1/s1. The highest BCUT2D eigenvalue weighted by Gasteiger charge is 2.37. The Morgan fingerprint density at radius 3 is 2.63 bits per heavy atom. The number of carbonyl (C=O) groups is 3. The average molecular weight is 387 g/mol. The molecule has 1 heterocycles. The summed E-state index contributed by atoms with van der Waals surface area (Å²) in [5.41, 5.74) is 2.14. The van der Waals surface area contributed by atoms with E-state index in [1.165, 1.54) is 4.90 Å². The summed E-state index contributed by atoms with van der Waals surface area (Å²) in [6, 6.07) is 14.3. The van der Waals surface area contributed by atoms with Gasteiger partial charge in [-0.05, 0) is 30.7 Å². The van der Waals surface area contributed by atoms with Crippen molar-refractivity contribution in [1.82, 2.24) is 0 Å². The molecule has 7 heteroatoms. The molecule has 27 heavy (non-hydrogen) atoms. The molecule has 1 aliphatic rings. The predicted molar refractivity (Wildman–Crippen MR) is 103 cm³/mol. The van der Waals surface area contributed by atoms with Gasteiger partial charge in [-0.15, -0.1) is 0 Å². The Labute approximate surface area is 162 Å². The fraction of sp³-hybridized carbons (Fsp3) is 0.250. The Morgan fingerprint density at radius 1 is 1.19 bits per heavy atom. The summed E-state index contributed by atoms with van der Waals surface area (Å²) in [6.45, 7) is 1.65. The zero-order chi connectivity index (χ0) is 19.4. The number of ether oxygens (including phenoxy) is 1. The quantitative estimate of drug-likeness (QED) is 0.801. The van der Waals surface area contributed by atoms with Gasteiger partial charge in [-0.1, -0.05) is 41.9 Å². The van der Waals surface area contributed by atoms with Crippen molar-refractivity contribution in [2.24, 2.45) is 5.92 Å². The van der Waals surface area contributed by atoms with Gasteiger partial charge in [0.2, 0.25) is 5.91 Å². The van der Waals surface area contributed by atoms with Gasteiger partial charge in [-0.3, -0.25) is 14.4 Å². The number of nitrogens with one attached hydrogen (secondary N) is 1. The Kier molecular flexibility index (Phi) is 5.76. The second-order valence-corrected chi connectivity index (χ2v) is 6.73. The van der Waals surface area contributed by atoms with E-state index < -0.39 is 24.4 Å². The minimum absolute atomic E-state index is 0.0312. The third-order valence-corrected chi connectivity index (χ3v) is 4.69. The van der Waals surface area contributed by atoms with Crippen molar-refractivity contribution in [3.8, 4) is 0 Å². The van der Waals surface area contributed by atoms with Crippen molar-refractivity contribution in [3.63, 3.8) is 0 Å². The Hall–Kier alpha value is -2.86. The molecule has 3 rings (SSSR count). The van der Waals surface area contributed by atoms with E-state index in [4.69, 9.17) is 16.3 Å². The number of benzene rings is 2. The van der Waals surface area contributed by atoms with Crippen molar-refractivity contribution < 1.29 is 19.1 Å². The molecule has 0 unspecified atom stereocenters. The maximum atomic E-state index is 12.3. The Morgan fingerprint density at radius 2 is 1.89 bits per heavy atom. The fourth-order valence-corrected chi connectivity index (χ4v) is 3.16. The Balaban J connectivity index is 1.54. The third-order valence-electron chi connectivity index (χ3n) is 4.37. The molecule has 0 saturated carbocycles. The van der Waals surface area contributed by atoms with Crippen molar-refractivity contribution in [1.29, 1.82) is 0 Å². The van der Waals surface area contributed by atoms with Crippen molar-refractivity contribution in [3.05, 3.63) is 59.1 Å². The molecule has 0 radical (unpaired) electrons. The molecular formula is C20H19ClN2O4. The minimum Gasteiger partial charge on any atom is -0.455 e. The zero-order valence-corrected chi connectivity index (χ0v) is 15.5. The molecule has 0 bridgehead atoms. The van der Waals surface area contributed by atoms with Crippen LogP contribution in [0.4, 0.5) is 11.4 Å². The lowest BCUT2D eigenvalue weighted by atomic mass is 10.1. The molecule has 2 aromatic rings. The van der Waals surface area contributed by atoms with E-state index in [9.17, 15) is 14.4 Å². The molecule has 6 nitrogen and oxygen atoms in total. The van der Waals surface area contributed by atoms with Crippen LogP contribution in [-0.4, -0.2) is 30.9 Å². The average Bonchev–Trinajstić information content (AvgIpc) is 3.04. The number of para-hydroxylation sites is 2. The number of hydrogen-bond acceptors (Lipinski definition) is 4. The van der Waals surface area contributed by atoms with Gasteiger partial charge in [0.1, 0.15) is 0 Å². The maximum absolute atomic E-state index is 12.3. The van der Waals surface area contributed by atoms with E-state index in [1.54, 1.807) is 30.3 Å². The molecule has 2 aromatic carbocycles. The van der Waals surface area contributed by atoms with Gasteiger partial charge in [0.15, 0.2) is 6.61 Å². The number of amides is 2. The first-order chi connectivity index (χ1) is 13.0. The van der Waals surface area contributed by atoms with Crippen LogP contribution in [0.2, 0.25) is 5.02 Å². The van der Waals surface area contributed by atoms with E-state index in [-0.39, 0.29) is 18.9 Å². The van der Waals surface area contributed by atoms with E-state index in [2.05, 4.69) is 5.32 Å². The lowest BCUT2D eigenvalue weighted by molar-refractivity contribution is -0.151. The SMILES string of the molecule is Cc1ccccc1NC(=O)COC(=O)[C@@H]1CC(=O)N(c2ccccc2Cl)C1. The van der Waals surface area contributed by atoms with Crippen molar-refractivity contribution >= 4 is 40.8 Å². The number of carbonyl (C=O) groups excluding carboxylic acids is 3. The van der Waals surface area contributed by atoms with Gasteiger partial charge in [-0.2, -0.15) is 0 Å². The summed E-state index contributed by atoms with van der Waals surface area (Å²) in [7, 11) is 0. The highest BCUT2D eigenvalue weighted by Crippen LogP contribution is 2.31. The van der Waals surface area contributed by atoms with Gasteiger partial charge in [-0.25, -0.2) is 0 Å². The molecule has 1 aliphatic heterocycles. The number of nitrogens with zero attached hydrogens (tertiary/aromatic N) is 1. The van der Waals surface area contributed by atoms with Crippen LogP contribution < -0.4 is 10.2 Å². The molecule has 0 aromatic heterocycles. The number of aryl methyl sites for hydroxylation is 1. The lowest BCUT2D eigenvalue weighted by Gasteiger charge is -2.17. The van der Waals surface area contributed by atoms with Crippen LogP contribution in [0.1, 0.15) is 12.0 Å². The van der Waals surface area contributed by atoms with Crippen molar-refractivity contribution in [2.75, 3.05) is 23.4 Å². The van der Waals surface area contributed by atoms with Gasteiger partial charge in [0.25, 0.3) is 5.91 Å². The van der Waals surface area contributed by atoms with Gasteiger partial charge in [0.05, 0.1) is 16.6 Å². The highest BCUT2D eigenvalue weighted by molar-refractivity contribution is 6.33. The summed E-state index contributed by atoms with van der Waals surface area (Å²) in [5, 5.41) is 3.14.